The minimum Gasteiger partial charge on any atom is -0.481 e. The molecule has 3 aromatic carbocycles. The van der Waals surface area contributed by atoms with Gasteiger partial charge in [0.1, 0.15) is 12.4 Å². The number of carboxylic acid groups (broad SMARTS) is 1. The van der Waals surface area contributed by atoms with Crippen LogP contribution in [0.5, 0.6) is 0 Å². The van der Waals surface area contributed by atoms with Crippen LogP contribution >= 0.6 is 11.6 Å². The molecule has 0 bridgehead atoms. The Morgan fingerprint density at radius 1 is 1.03 bits per heavy atom. The summed E-state index contributed by atoms with van der Waals surface area (Å²) in [5.74, 6) is -1.89. The maximum Gasteiger partial charge on any atom is 0.407 e. The van der Waals surface area contributed by atoms with E-state index in [2.05, 4.69) is 5.32 Å². The van der Waals surface area contributed by atoms with Gasteiger partial charge in [-0.25, -0.2) is 9.18 Å². The maximum absolute atomic E-state index is 13.7. The number of hydrogen-bond acceptors (Lipinski definition) is 3. The number of nitrogens with one attached hydrogen (secondary N) is 1. The second-order valence-electron chi connectivity index (χ2n) is 7.32. The number of carboxylic acids is 1. The molecule has 0 heterocycles. The molecule has 0 radical (unpaired) electrons. The van der Waals surface area contributed by atoms with E-state index in [0.29, 0.717) is 0 Å². The Morgan fingerprint density at radius 2 is 1.65 bits per heavy atom. The Balaban J connectivity index is 1.49. The number of aliphatic carboxylic acids is 1. The van der Waals surface area contributed by atoms with E-state index >= 15 is 0 Å². The van der Waals surface area contributed by atoms with Crippen molar-refractivity contribution in [2.75, 3.05) is 6.61 Å². The van der Waals surface area contributed by atoms with Crippen molar-refractivity contribution in [3.8, 4) is 11.1 Å². The lowest BCUT2D eigenvalue weighted by Crippen LogP contribution is -2.31. The molecule has 1 amide bonds. The summed E-state index contributed by atoms with van der Waals surface area (Å²) in [7, 11) is 0. The number of rotatable bonds is 6. The molecule has 0 saturated heterocycles. The molecule has 0 fully saturated rings. The lowest BCUT2D eigenvalue weighted by atomic mass is 9.98. The molecule has 0 unspecified atom stereocenters. The number of fused-ring (bicyclic) bond motifs is 3. The van der Waals surface area contributed by atoms with Gasteiger partial charge in [-0.15, -0.1) is 0 Å². The van der Waals surface area contributed by atoms with Crippen molar-refractivity contribution in [2.24, 2.45) is 0 Å². The third kappa shape index (κ3) is 4.54. The van der Waals surface area contributed by atoms with Gasteiger partial charge in [0, 0.05) is 10.9 Å². The number of amides is 1. The van der Waals surface area contributed by atoms with Crippen LogP contribution in [0.4, 0.5) is 9.18 Å². The summed E-state index contributed by atoms with van der Waals surface area (Å²) in [5, 5.41) is 11.8. The molecule has 5 nitrogen and oxygen atoms in total. The number of benzene rings is 3. The lowest BCUT2D eigenvalue weighted by Gasteiger charge is -2.19. The highest BCUT2D eigenvalue weighted by Gasteiger charge is 2.29. The molecule has 0 aromatic heterocycles. The standard InChI is InChI=1S/C24H19ClFNO4/c25-15-9-14(10-16(26)11-15)22(12-23(28)29)27-24(30)31-13-21-19-7-3-1-5-17(19)18-6-2-4-8-20(18)21/h1-11,21-22H,12-13H2,(H,27,30)(H,28,29)/t22-/m0/s1. The third-order valence-electron chi connectivity index (χ3n) is 5.30. The first-order valence-electron chi connectivity index (χ1n) is 9.71. The van der Waals surface area contributed by atoms with Crippen LogP contribution in [0.1, 0.15) is 35.1 Å². The zero-order valence-corrected chi connectivity index (χ0v) is 17.1. The van der Waals surface area contributed by atoms with Gasteiger partial charge in [0.05, 0.1) is 12.5 Å². The van der Waals surface area contributed by atoms with E-state index in [4.69, 9.17) is 16.3 Å². The second-order valence-corrected chi connectivity index (χ2v) is 7.76. The molecule has 1 aliphatic carbocycles. The molecule has 1 atom stereocenters. The average molecular weight is 440 g/mol. The molecule has 7 heteroatoms. The molecule has 31 heavy (non-hydrogen) atoms. The number of carbonyl (C=O) groups excluding carboxylic acids is 1. The number of hydrogen-bond donors (Lipinski definition) is 2. The minimum absolute atomic E-state index is 0.0869. The van der Waals surface area contributed by atoms with Gasteiger partial charge in [-0.1, -0.05) is 60.1 Å². The summed E-state index contributed by atoms with van der Waals surface area (Å²) in [5.41, 5.74) is 4.59. The molecule has 3 aromatic rings. The summed E-state index contributed by atoms with van der Waals surface area (Å²) in [6.07, 6.45) is -1.22. The largest absolute Gasteiger partial charge is 0.481 e. The number of halogens is 2. The van der Waals surface area contributed by atoms with Crippen molar-refractivity contribution < 1.29 is 23.8 Å². The molecule has 0 aliphatic heterocycles. The molecule has 4 rings (SSSR count). The van der Waals surface area contributed by atoms with E-state index in [-0.39, 0.29) is 23.1 Å². The van der Waals surface area contributed by atoms with E-state index < -0.39 is 30.3 Å². The second kappa shape index (κ2) is 8.78. The average Bonchev–Trinajstić information content (AvgIpc) is 3.05. The Morgan fingerprint density at radius 3 is 2.23 bits per heavy atom. The van der Waals surface area contributed by atoms with Gasteiger partial charge in [-0.2, -0.15) is 0 Å². The maximum atomic E-state index is 13.7. The fourth-order valence-corrected chi connectivity index (χ4v) is 4.22. The van der Waals surface area contributed by atoms with Gasteiger partial charge >= 0.3 is 12.1 Å². The highest BCUT2D eigenvalue weighted by atomic mass is 35.5. The van der Waals surface area contributed by atoms with Gasteiger partial charge in [0.2, 0.25) is 0 Å². The van der Waals surface area contributed by atoms with Gasteiger partial charge in [-0.05, 0) is 46.0 Å². The fourth-order valence-electron chi connectivity index (χ4n) is 3.99. The van der Waals surface area contributed by atoms with Crippen LogP contribution in [0.2, 0.25) is 5.02 Å². The zero-order valence-electron chi connectivity index (χ0n) is 16.3. The quantitative estimate of drug-likeness (QED) is 0.529. The van der Waals surface area contributed by atoms with Crippen molar-refractivity contribution in [3.05, 3.63) is 94.3 Å². The fraction of sp³-hybridized carbons (Fsp3) is 0.167. The smallest absolute Gasteiger partial charge is 0.407 e. The number of ether oxygens (including phenoxy) is 1. The van der Waals surface area contributed by atoms with E-state index in [0.717, 1.165) is 34.4 Å². The Kier molecular flexibility index (Phi) is 5.91. The SMILES string of the molecule is O=C(O)C[C@H](NC(=O)OCC1c2ccccc2-c2ccccc21)c1cc(F)cc(Cl)c1. The highest BCUT2D eigenvalue weighted by Crippen LogP contribution is 2.44. The van der Waals surface area contributed by atoms with E-state index in [1.807, 2.05) is 48.5 Å². The Bertz CT molecular complexity index is 1080. The highest BCUT2D eigenvalue weighted by molar-refractivity contribution is 6.30. The summed E-state index contributed by atoms with van der Waals surface area (Å²) in [4.78, 5) is 23.8. The van der Waals surface area contributed by atoms with Crippen molar-refractivity contribution in [3.63, 3.8) is 0 Å². The van der Waals surface area contributed by atoms with Gasteiger partial charge < -0.3 is 15.2 Å². The predicted molar refractivity (Wildman–Crippen MR) is 115 cm³/mol. The van der Waals surface area contributed by atoms with Crippen molar-refractivity contribution in [2.45, 2.75) is 18.4 Å². The number of carbonyl (C=O) groups is 2. The normalized spacial score (nSPS) is 13.2. The van der Waals surface area contributed by atoms with E-state index in [9.17, 15) is 19.1 Å². The molecular weight excluding hydrogens is 421 g/mol. The first kappa shape index (κ1) is 20.9. The molecule has 0 saturated carbocycles. The lowest BCUT2D eigenvalue weighted by molar-refractivity contribution is -0.137. The van der Waals surface area contributed by atoms with Crippen LogP contribution in [0.25, 0.3) is 11.1 Å². The molecule has 2 N–H and O–H groups in total. The number of alkyl carbamates (subject to hydrolysis) is 1. The van der Waals surface area contributed by atoms with Crippen LogP contribution in [0.3, 0.4) is 0 Å². The van der Waals surface area contributed by atoms with Crippen LogP contribution in [-0.2, 0) is 9.53 Å². The van der Waals surface area contributed by atoms with Gasteiger partial charge in [-0.3, -0.25) is 4.79 Å². The van der Waals surface area contributed by atoms with Crippen LogP contribution in [-0.4, -0.2) is 23.8 Å². The van der Waals surface area contributed by atoms with Crippen LogP contribution in [0.15, 0.2) is 66.7 Å². The Labute approximate surface area is 183 Å². The van der Waals surface area contributed by atoms with Crippen molar-refractivity contribution >= 4 is 23.7 Å². The van der Waals surface area contributed by atoms with E-state index in [1.165, 1.54) is 6.07 Å². The molecular formula is C24H19ClFNO4. The van der Waals surface area contributed by atoms with E-state index in [1.54, 1.807) is 0 Å². The van der Waals surface area contributed by atoms with Crippen LogP contribution in [0, 0.1) is 5.82 Å². The summed E-state index contributed by atoms with van der Waals surface area (Å²) in [6.45, 7) is 0.0869. The molecule has 1 aliphatic rings. The third-order valence-corrected chi connectivity index (χ3v) is 5.52. The molecule has 0 spiro atoms. The monoisotopic (exact) mass is 439 g/mol. The van der Waals surface area contributed by atoms with Crippen molar-refractivity contribution in [1.29, 1.82) is 0 Å². The van der Waals surface area contributed by atoms with Gasteiger partial charge in [0.15, 0.2) is 0 Å². The topological polar surface area (TPSA) is 75.6 Å². The summed E-state index contributed by atoms with van der Waals surface area (Å²) < 4.78 is 19.2. The van der Waals surface area contributed by atoms with Gasteiger partial charge in [0.25, 0.3) is 0 Å². The minimum atomic E-state index is -1.15. The summed E-state index contributed by atoms with van der Waals surface area (Å²) in [6, 6.07) is 18.6. The van der Waals surface area contributed by atoms with Crippen LogP contribution < -0.4 is 5.32 Å². The first-order valence-corrected chi connectivity index (χ1v) is 10.1. The Hall–Kier alpha value is -3.38. The first-order chi connectivity index (χ1) is 14.9. The zero-order chi connectivity index (χ0) is 22.0. The predicted octanol–water partition coefficient (Wildman–Crippen LogP) is 5.53. The van der Waals surface area contributed by atoms with Crippen molar-refractivity contribution in [1.82, 2.24) is 5.32 Å². The summed E-state index contributed by atoms with van der Waals surface area (Å²) >= 11 is 5.88. The molecule has 158 valence electrons.